The molecule has 1 rings (SSSR count). The predicted molar refractivity (Wildman–Crippen MR) is 67.1 cm³/mol. The van der Waals surface area contributed by atoms with Crippen LogP contribution in [0.5, 0.6) is 0 Å². The number of amides is 2. The monoisotopic (exact) mass is 274 g/mol. The quantitative estimate of drug-likeness (QED) is 0.736. The Morgan fingerprint density at radius 1 is 1.37 bits per heavy atom. The third-order valence-corrected chi connectivity index (χ3v) is 2.83. The average molecular weight is 274 g/mol. The Morgan fingerprint density at radius 3 is 2.42 bits per heavy atom. The van der Waals surface area contributed by atoms with Gasteiger partial charge in [-0.2, -0.15) is 0 Å². The van der Waals surface area contributed by atoms with Gasteiger partial charge in [0.2, 0.25) is 0 Å². The van der Waals surface area contributed by atoms with Crippen molar-refractivity contribution in [3.05, 3.63) is 0 Å². The topological polar surface area (TPSA) is 79.3 Å². The first-order chi connectivity index (χ1) is 8.67. The van der Waals surface area contributed by atoms with E-state index in [1.165, 1.54) is 19.1 Å². The fourth-order valence-electron chi connectivity index (χ4n) is 1.88. The Morgan fingerprint density at radius 2 is 1.95 bits per heavy atom. The minimum Gasteiger partial charge on any atom is -0.444 e. The number of carbonyl (C=O) groups is 2. The highest BCUT2D eigenvalue weighted by Gasteiger charge is 2.44. The van der Waals surface area contributed by atoms with Crippen LogP contribution in [-0.4, -0.2) is 65.5 Å². The molecule has 19 heavy (non-hydrogen) atoms. The fraction of sp³-hybridized carbons (Fsp3) is 0.833. The summed E-state index contributed by atoms with van der Waals surface area (Å²) in [6.07, 6.45) is -1.17. The molecule has 0 aromatic carbocycles. The zero-order valence-corrected chi connectivity index (χ0v) is 12.0. The van der Waals surface area contributed by atoms with Gasteiger partial charge in [0, 0.05) is 13.6 Å². The van der Waals surface area contributed by atoms with Crippen molar-refractivity contribution in [2.45, 2.75) is 44.9 Å². The first-order valence-electron chi connectivity index (χ1n) is 6.16. The van der Waals surface area contributed by atoms with Crippen molar-refractivity contribution >= 4 is 12.0 Å². The summed E-state index contributed by atoms with van der Waals surface area (Å²) in [6.45, 7) is 5.52. The maximum Gasteiger partial charge on any atom is 0.411 e. The molecule has 110 valence electrons. The van der Waals surface area contributed by atoms with Crippen molar-refractivity contribution < 1.29 is 24.3 Å². The predicted octanol–water partition coefficient (Wildman–Crippen LogP) is 0.376. The molecule has 0 spiro atoms. The van der Waals surface area contributed by atoms with Crippen LogP contribution >= 0.6 is 0 Å². The summed E-state index contributed by atoms with van der Waals surface area (Å²) in [5.41, 5.74) is -0.647. The van der Waals surface area contributed by atoms with Crippen molar-refractivity contribution in [2.24, 2.45) is 0 Å². The molecule has 2 atom stereocenters. The lowest BCUT2D eigenvalue weighted by atomic mass is 10.1. The number of hydrogen-bond donors (Lipinski definition) is 1. The largest absolute Gasteiger partial charge is 0.444 e. The molecule has 1 aliphatic rings. The minimum atomic E-state index is -0.959. The molecule has 1 N–H and O–H groups in total. The van der Waals surface area contributed by atoms with Gasteiger partial charge in [0.15, 0.2) is 0 Å². The Hall–Kier alpha value is -1.34. The van der Waals surface area contributed by atoms with Gasteiger partial charge in [-0.05, 0) is 27.2 Å². The van der Waals surface area contributed by atoms with Gasteiger partial charge in [-0.1, -0.05) is 0 Å². The Labute approximate surface area is 113 Å². The molecule has 1 aliphatic heterocycles. The van der Waals surface area contributed by atoms with Crippen molar-refractivity contribution in [2.75, 3.05) is 20.7 Å². The summed E-state index contributed by atoms with van der Waals surface area (Å²) >= 11 is 0. The highest BCUT2D eigenvalue weighted by molar-refractivity contribution is 5.86. The number of ether oxygens (including phenoxy) is 1. The maximum atomic E-state index is 12.1. The van der Waals surface area contributed by atoms with E-state index in [0.29, 0.717) is 6.42 Å². The van der Waals surface area contributed by atoms with E-state index in [-0.39, 0.29) is 6.54 Å². The standard InChI is InChI=1S/C12H22N2O5/c1-12(2,3)19-11(17)14-7-6-8(15)9(14)10(16)13(4)18-5/h8-9,15H,6-7H2,1-5H3/t8-,9-/m0/s1. The zero-order valence-electron chi connectivity index (χ0n) is 12.0. The smallest absolute Gasteiger partial charge is 0.411 e. The van der Waals surface area contributed by atoms with Gasteiger partial charge in [-0.15, -0.1) is 0 Å². The van der Waals surface area contributed by atoms with Gasteiger partial charge < -0.3 is 9.84 Å². The van der Waals surface area contributed by atoms with Gasteiger partial charge in [0.05, 0.1) is 13.2 Å². The van der Waals surface area contributed by atoms with E-state index in [1.807, 2.05) is 0 Å². The van der Waals surface area contributed by atoms with E-state index in [1.54, 1.807) is 20.8 Å². The zero-order chi connectivity index (χ0) is 14.8. The third kappa shape index (κ3) is 3.81. The molecule has 7 nitrogen and oxygen atoms in total. The second-order valence-electron chi connectivity index (χ2n) is 5.49. The van der Waals surface area contributed by atoms with Gasteiger partial charge in [0.1, 0.15) is 11.6 Å². The normalized spacial score (nSPS) is 23.4. The summed E-state index contributed by atoms with van der Waals surface area (Å²) in [5, 5.41) is 10.9. The number of rotatable bonds is 2. The van der Waals surface area contributed by atoms with Crippen LogP contribution in [0.25, 0.3) is 0 Å². The molecule has 2 amide bonds. The fourth-order valence-corrected chi connectivity index (χ4v) is 1.88. The maximum absolute atomic E-state index is 12.1. The van der Waals surface area contributed by atoms with Crippen molar-refractivity contribution in [3.63, 3.8) is 0 Å². The second kappa shape index (κ2) is 5.75. The first-order valence-corrected chi connectivity index (χ1v) is 6.16. The van der Waals surface area contributed by atoms with Crippen LogP contribution in [0.2, 0.25) is 0 Å². The number of hydroxylamine groups is 2. The first kappa shape index (κ1) is 15.7. The SMILES string of the molecule is CON(C)C(=O)[C@@H]1[C@@H](O)CCN1C(=O)OC(C)(C)C. The van der Waals surface area contributed by atoms with Crippen LogP contribution < -0.4 is 0 Å². The molecule has 0 aromatic rings. The van der Waals surface area contributed by atoms with Crippen molar-refractivity contribution in [3.8, 4) is 0 Å². The lowest BCUT2D eigenvalue weighted by molar-refractivity contribution is -0.175. The van der Waals surface area contributed by atoms with Gasteiger partial charge in [0.25, 0.3) is 5.91 Å². The Balaban J connectivity index is 2.82. The van der Waals surface area contributed by atoms with E-state index in [0.717, 1.165) is 5.06 Å². The number of aliphatic hydroxyl groups excluding tert-OH is 1. The van der Waals surface area contributed by atoms with Gasteiger partial charge >= 0.3 is 6.09 Å². The van der Waals surface area contributed by atoms with Crippen LogP contribution in [0, 0.1) is 0 Å². The molecule has 0 aromatic heterocycles. The molecule has 0 aliphatic carbocycles. The Kier molecular flexibility index (Phi) is 4.75. The summed E-state index contributed by atoms with van der Waals surface area (Å²) in [6, 6.07) is -0.959. The molecule has 0 bridgehead atoms. The number of hydrogen-bond acceptors (Lipinski definition) is 5. The van der Waals surface area contributed by atoms with Crippen LogP contribution in [-0.2, 0) is 14.4 Å². The van der Waals surface area contributed by atoms with Crippen LogP contribution in [0.3, 0.4) is 0 Å². The van der Waals surface area contributed by atoms with Crippen LogP contribution in [0.4, 0.5) is 4.79 Å². The minimum absolute atomic E-state index is 0.282. The Bertz CT molecular complexity index is 353. The lowest BCUT2D eigenvalue weighted by Gasteiger charge is -2.30. The molecule has 7 heteroatoms. The van der Waals surface area contributed by atoms with Gasteiger partial charge in [-0.3, -0.25) is 14.5 Å². The van der Waals surface area contributed by atoms with Crippen molar-refractivity contribution in [1.82, 2.24) is 9.96 Å². The highest BCUT2D eigenvalue weighted by Crippen LogP contribution is 2.22. The molecule has 0 saturated carbocycles. The second-order valence-corrected chi connectivity index (χ2v) is 5.49. The summed E-state index contributed by atoms with van der Waals surface area (Å²) < 4.78 is 5.23. The number of aliphatic hydroxyl groups is 1. The number of nitrogens with zero attached hydrogens (tertiary/aromatic N) is 2. The number of likely N-dealkylation sites (N-methyl/N-ethyl adjacent to an activating group) is 1. The third-order valence-electron chi connectivity index (χ3n) is 2.83. The molecular weight excluding hydrogens is 252 g/mol. The number of carbonyl (C=O) groups excluding carboxylic acids is 2. The van der Waals surface area contributed by atoms with E-state index in [9.17, 15) is 14.7 Å². The van der Waals surface area contributed by atoms with E-state index in [4.69, 9.17) is 9.57 Å². The van der Waals surface area contributed by atoms with Crippen LogP contribution in [0.1, 0.15) is 27.2 Å². The lowest BCUT2D eigenvalue weighted by Crippen LogP contribution is -2.51. The molecule has 0 radical (unpaired) electrons. The van der Waals surface area contributed by atoms with E-state index < -0.39 is 29.7 Å². The molecule has 1 heterocycles. The molecule has 0 unspecified atom stereocenters. The molecular formula is C12H22N2O5. The summed E-state index contributed by atoms with van der Waals surface area (Å²) in [5.74, 6) is -0.474. The van der Waals surface area contributed by atoms with Crippen molar-refractivity contribution in [1.29, 1.82) is 0 Å². The number of likely N-dealkylation sites (tertiary alicyclic amines) is 1. The van der Waals surface area contributed by atoms with Crippen LogP contribution in [0.15, 0.2) is 0 Å². The highest BCUT2D eigenvalue weighted by atomic mass is 16.7. The summed E-state index contributed by atoms with van der Waals surface area (Å²) in [7, 11) is 2.78. The molecule has 1 saturated heterocycles. The van der Waals surface area contributed by atoms with E-state index >= 15 is 0 Å². The average Bonchev–Trinajstić information content (AvgIpc) is 2.67. The molecule has 1 fully saturated rings. The summed E-state index contributed by atoms with van der Waals surface area (Å²) in [4.78, 5) is 30.1. The van der Waals surface area contributed by atoms with E-state index in [2.05, 4.69) is 0 Å². The van der Waals surface area contributed by atoms with Gasteiger partial charge in [-0.25, -0.2) is 9.86 Å².